The van der Waals surface area contributed by atoms with Gasteiger partial charge in [0.25, 0.3) is 0 Å². The highest BCUT2D eigenvalue weighted by molar-refractivity contribution is 8.03. The van der Waals surface area contributed by atoms with Crippen LogP contribution in [0.3, 0.4) is 0 Å². The first-order valence-electron chi connectivity index (χ1n) is 7.84. The Morgan fingerprint density at radius 1 is 1.38 bits per heavy atom. The van der Waals surface area contributed by atoms with Crippen molar-refractivity contribution in [3.05, 3.63) is 56.7 Å². The number of benzene rings is 1. The minimum Gasteiger partial charge on any atom is -0.463 e. The number of ether oxygens (including phenoxy) is 1. The van der Waals surface area contributed by atoms with E-state index in [9.17, 15) is 14.9 Å². The minimum atomic E-state index is -0.618. The van der Waals surface area contributed by atoms with E-state index < -0.39 is 17.8 Å². The van der Waals surface area contributed by atoms with Gasteiger partial charge < -0.3 is 15.8 Å². The van der Waals surface area contributed by atoms with E-state index in [1.807, 2.05) is 0 Å². The number of nitrogens with two attached hydrogens (primary N) is 1. The van der Waals surface area contributed by atoms with Crippen molar-refractivity contribution in [2.45, 2.75) is 19.8 Å². The monoisotopic (exact) mass is 391 g/mol. The van der Waals surface area contributed by atoms with E-state index in [0.29, 0.717) is 26.9 Å². The maximum Gasteiger partial charge on any atom is 0.336 e. The third kappa shape index (κ3) is 4.40. The molecule has 3 N–H and O–H groups in total. The number of nitriles is 1. The third-order valence-electron chi connectivity index (χ3n) is 3.70. The molecule has 1 aliphatic heterocycles. The first-order chi connectivity index (χ1) is 12.4. The Kier molecular flexibility index (Phi) is 6.72. The molecule has 0 radical (unpaired) electrons. The van der Waals surface area contributed by atoms with Crippen LogP contribution < -0.4 is 11.1 Å². The van der Waals surface area contributed by atoms with Crippen molar-refractivity contribution in [3.63, 3.8) is 0 Å². The highest BCUT2D eigenvalue weighted by Gasteiger charge is 2.35. The molecule has 0 aliphatic carbocycles. The number of nitrogens with one attached hydrogen (secondary N) is 1. The van der Waals surface area contributed by atoms with Crippen molar-refractivity contribution >= 4 is 35.2 Å². The maximum absolute atomic E-state index is 12.5. The largest absolute Gasteiger partial charge is 0.463 e. The highest BCUT2D eigenvalue weighted by atomic mass is 35.5. The van der Waals surface area contributed by atoms with Gasteiger partial charge >= 0.3 is 5.97 Å². The molecule has 0 unspecified atom stereocenters. The van der Waals surface area contributed by atoms with Crippen LogP contribution in [0.15, 0.2) is 46.1 Å². The van der Waals surface area contributed by atoms with Crippen molar-refractivity contribution in [2.24, 2.45) is 5.73 Å². The number of primary amides is 1. The van der Waals surface area contributed by atoms with Gasteiger partial charge in [0.05, 0.1) is 40.5 Å². The molecule has 1 aliphatic rings. The Labute approximate surface area is 161 Å². The Balaban J connectivity index is 2.57. The van der Waals surface area contributed by atoms with Gasteiger partial charge in [-0.05, 0) is 31.5 Å². The van der Waals surface area contributed by atoms with Gasteiger partial charge in [-0.15, -0.1) is 0 Å². The van der Waals surface area contributed by atoms with Crippen LogP contribution in [-0.2, 0) is 14.3 Å². The molecule has 8 heteroatoms. The number of nitrogens with zero attached hydrogens (tertiary/aromatic N) is 1. The fraction of sp³-hybridized carbons (Fsp3) is 0.278. The molecule has 0 bridgehead atoms. The average molecular weight is 392 g/mol. The Bertz CT molecular complexity index is 825. The summed E-state index contributed by atoms with van der Waals surface area (Å²) < 4.78 is 5.18. The Hall–Kier alpha value is -2.43. The van der Waals surface area contributed by atoms with Crippen LogP contribution in [0.25, 0.3) is 0 Å². The number of dihydropyridines is 1. The number of halogens is 1. The second-order valence-electron chi connectivity index (χ2n) is 5.48. The number of esters is 1. The molecule has 1 aromatic carbocycles. The molecule has 0 saturated carbocycles. The molecule has 1 heterocycles. The van der Waals surface area contributed by atoms with Crippen LogP contribution in [0.1, 0.15) is 25.3 Å². The summed E-state index contributed by atoms with van der Waals surface area (Å²) in [6, 6.07) is 9.08. The fourth-order valence-corrected chi connectivity index (χ4v) is 3.59. The van der Waals surface area contributed by atoms with E-state index in [1.165, 1.54) is 0 Å². The number of hydrogen-bond donors (Lipinski definition) is 2. The molecule has 6 nitrogen and oxygen atoms in total. The zero-order chi connectivity index (χ0) is 19.3. The number of carbonyl (C=O) groups excluding carboxylic acids is 2. The second-order valence-corrected chi connectivity index (χ2v) is 6.90. The van der Waals surface area contributed by atoms with E-state index in [4.69, 9.17) is 22.1 Å². The summed E-state index contributed by atoms with van der Waals surface area (Å²) in [7, 11) is 0. The third-order valence-corrected chi connectivity index (χ3v) is 5.00. The fourth-order valence-electron chi connectivity index (χ4n) is 2.64. The molecule has 0 saturated heterocycles. The van der Waals surface area contributed by atoms with E-state index in [-0.39, 0.29) is 12.4 Å². The zero-order valence-corrected chi connectivity index (χ0v) is 15.9. The molecule has 1 aromatic rings. The van der Waals surface area contributed by atoms with Crippen LogP contribution in [-0.4, -0.2) is 24.2 Å². The minimum absolute atomic E-state index is 0.0167. The van der Waals surface area contributed by atoms with Gasteiger partial charge in [-0.25, -0.2) is 4.79 Å². The van der Waals surface area contributed by atoms with Gasteiger partial charge in [-0.3, -0.25) is 4.79 Å². The number of thioether (sulfide) groups is 1. The predicted octanol–water partition coefficient (Wildman–Crippen LogP) is 2.82. The van der Waals surface area contributed by atoms with Crippen molar-refractivity contribution < 1.29 is 14.3 Å². The predicted molar refractivity (Wildman–Crippen MR) is 101 cm³/mol. The number of allylic oxidation sites excluding steroid dienone is 2. The molecule has 136 valence electrons. The zero-order valence-electron chi connectivity index (χ0n) is 14.3. The number of hydrogen-bond acceptors (Lipinski definition) is 6. The van der Waals surface area contributed by atoms with Crippen LogP contribution in [0, 0.1) is 11.3 Å². The molecular formula is C18H18ClN3O3S. The van der Waals surface area contributed by atoms with E-state index in [1.54, 1.807) is 38.1 Å². The lowest BCUT2D eigenvalue weighted by Gasteiger charge is -2.29. The molecule has 1 atom stereocenters. The first kappa shape index (κ1) is 19.9. The molecule has 0 spiro atoms. The standard InChI is InChI=1S/C18H18ClN3O3S/c1-3-25-18(24)15-10(2)22-17(26-9-14(21)23)13(8-20)16(15)11-4-6-12(19)7-5-11/h4-7,16,22H,3,9H2,1-2H3,(H2,21,23)/t16-/m1/s1. The summed E-state index contributed by atoms with van der Waals surface area (Å²) in [5.41, 5.74) is 7.19. The van der Waals surface area contributed by atoms with Gasteiger partial charge in [-0.2, -0.15) is 5.26 Å². The molecular weight excluding hydrogens is 374 g/mol. The van der Waals surface area contributed by atoms with Crippen molar-refractivity contribution in [2.75, 3.05) is 12.4 Å². The summed E-state index contributed by atoms with van der Waals surface area (Å²) in [5.74, 6) is -1.59. The lowest BCUT2D eigenvalue weighted by molar-refractivity contribution is -0.138. The SMILES string of the molecule is CCOC(=O)C1=C(C)NC(SCC(N)=O)=C(C#N)[C@H]1c1ccc(Cl)cc1. The summed E-state index contributed by atoms with van der Waals surface area (Å²) in [6.07, 6.45) is 0. The van der Waals surface area contributed by atoms with Crippen molar-refractivity contribution in [1.29, 1.82) is 5.26 Å². The average Bonchev–Trinajstić information content (AvgIpc) is 2.60. The van der Waals surface area contributed by atoms with Crippen LogP contribution in [0.2, 0.25) is 5.02 Å². The van der Waals surface area contributed by atoms with Gasteiger partial charge in [0, 0.05) is 10.7 Å². The normalized spacial score (nSPS) is 16.8. The maximum atomic E-state index is 12.5. The van der Waals surface area contributed by atoms with E-state index in [0.717, 1.165) is 17.3 Å². The summed E-state index contributed by atoms with van der Waals surface area (Å²) in [4.78, 5) is 23.7. The second kappa shape index (κ2) is 8.79. The lowest BCUT2D eigenvalue weighted by Crippen LogP contribution is -2.29. The smallest absolute Gasteiger partial charge is 0.336 e. The van der Waals surface area contributed by atoms with E-state index in [2.05, 4.69) is 11.4 Å². The van der Waals surface area contributed by atoms with Gasteiger partial charge in [0.2, 0.25) is 5.91 Å². The number of carbonyl (C=O) groups is 2. The number of amides is 1. The summed E-state index contributed by atoms with van der Waals surface area (Å²) in [6.45, 7) is 3.67. The van der Waals surface area contributed by atoms with Crippen LogP contribution in [0.5, 0.6) is 0 Å². The summed E-state index contributed by atoms with van der Waals surface area (Å²) >= 11 is 7.09. The number of rotatable bonds is 6. The van der Waals surface area contributed by atoms with Crippen LogP contribution in [0.4, 0.5) is 0 Å². The van der Waals surface area contributed by atoms with Crippen LogP contribution >= 0.6 is 23.4 Å². The van der Waals surface area contributed by atoms with Gasteiger partial charge in [-0.1, -0.05) is 35.5 Å². The quantitative estimate of drug-likeness (QED) is 0.722. The van der Waals surface area contributed by atoms with E-state index >= 15 is 0 Å². The molecule has 0 fully saturated rings. The Morgan fingerprint density at radius 3 is 2.58 bits per heavy atom. The topological polar surface area (TPSA) is 105 Å². The molecule has 0 aromatic heterocycles. The Morgan fingerprint density at radius 2 is 2.04 bits per heavy atom. The van der Waals surface area contributed by atoms with Crippen molar-refractivity contribution in [1.82, 2.24) is 5.32 Å². The van der Waals surface area contributed by atoms with Gasteiger partial charge in [0.15, 0.2) is 0 Å². The summed E-state index contributed by atoms with van der Waals surface area (Å²) in [5, 5.41) is 13.8. The lowest BCUT2D eigenvalue weighted by atomic mass is 9.82. The highest BCUT2D eigenvalue weighted by Crippen LogP contribution is 2.41. The molecule has 26 heavy (non-hydrogen) atoms. The molecule has 1 amide bonds. The molecule has 2 rings (SSSR count). The van der Waals surface area contributed by atoms with Gasteiger partial charge in [0.1, 0.15) is 0 Å². The first-order valence-corrected chi connectivity index (χ1v) is 9.21. The van der Waals surface area contributed by atoms with Crippen molar-refractivity contribution in [3.8, 4) is 6.07 Å².